The fraction of sp³-hybridized carbons (Fsp3) is 0.667. The highest BCUT2D eigenvalue weighted by Crippen LogP contribution is 2.32. The Kier molecular flexibility index (Phi) is 3.86. The van der Waals surface area contributed by atoms with E-state index in [1.165, 1.54) is 6.33 Å². The number of nitrogens with two attached hydrogens (primary N) is 1. The Morgan fingerprint density at radius 1 is 1.50 bits per heavy atom. The molecule has 0 aromatic carbocycles. The number of aromatic nitrogens is 2. The van der Waals surface area contributed by atoms with Crippen molar-refractivity contribution in [1.82, 2.24) is 9.97 Å². The molecule has 0 atom stereocenters. The zero-order valence-electron chi connectivity index (χ0n) is 10.8. The van der Waals surface area contributed by atoms with Crippen LogP contribution in [0.3, 0.4) is 0 Å². The van der Waals surface area contributed by atoms with E-state index in [9.17, 15) is 5.11 Å². The molecule has 0 spiro atoms. The summed E-state index contributed by atoms with van der Waals surface area (Å²) in [6, 6.07) is 0. The van der Waals surface area contributed by atoms with Gasteiger partial charge in [-0.3, -0.25) is 0 Å². The van der Waals surface area contributed by atoms with Crippen LogP contribution in [0, 0.1) is 5.92 Å². The average molecular weight is 252 g/mol. The van der Waals surface area contributed by atoms with E-state index in [2.05, 4.69) is 9.97 Å². The highest BCUT2D eigenvalue weighted by atomic mass is 16.5. The van der Waals surface area contributed by atoms with Crippen LogP contribution in [-0.4, -0.2) is 41.4 Å². The minimum absolute atomic E-state index is 0.134. The number of anilines is 2. The summed E-state index contributed by atoms with van der Waals surface area (Å²) in [5, 5.41) is 9.28. The van der Waals surface area contributed by atoms with Gasteiger partial charge in [0.25, 0.3) is 0 Å². The molecule has 6 nitrogen and oxygen atoms in total. The van der Waals surface area contributed by atoms with Gasteiger partial charge >= 0.3 is 0 Å². The first-order valence-corrected chi connectivity index (χ1v) is 6.24. The maximum Gasteiger partial charge on any atom is 0.242 e. The van der Waals surface area contributed by atoms with E-state index in [0.29, 0.717) is 29.9 Å². The number of hydrogen-bond donors (Lipinski definition) is 2. The van der Waals surface area contributed by atoms with Gasteiger partial charge in [0.2, 0.25) is 5.88 Å². The predicted molar refractivity (Wildman–Crippen MR) is 69.6 cm³/mol. The number of hydrogen-bond acceptors (Lipinski definition) is 6. The summed E-state index contributed by atoms with van der Waals surface area (Å²) in [7, 11) is 1.94. The smallest absolute Gasteiger partial charge is 0.242 e. The van der Waals surface area contributed by atoms with E-state index < -0.39 is 0 Å². The molecule has 1 saturated carbocycles. The van der Waals surface area contributed by atoms with Crippen LogP contribution in [0.1, 0.15) is 19.8 Å². The molecule has 6 heteroatoms. The summed E-state index contributed by atoms with van der Waals surface area (Å²) in [4.78, 5) is 10.2. The molecule has 1 aromatic heterocycles. The summed E-state index contributed by atoms with van der Waals surface area (Å²) in [6.07, 6.45) is 3.04. The van der Waals surface area contributed by atoms with Crippen LogP contribution in [0.25, 0.3) is 0 Å². The lowest BCUT2D eigenvalue weighted by Crippen LogP contribution is -2.37. The fourth-order valence-corrected chi connectivity index (χ4v) is 2.25. The summed E-state index contributed by atoms with van der Waals surface area (Å²) >= 11 is 0. The molecule has 1 aliphatic carbocycles. The van der Waals surface area contributed by atoms with E-state index in [4.69, 9.17) is 10.5 Å². The highest BCUT2D eigenvalue weighted by molar-refractivity contribution is 5.67. The van der Waals surface area contributed by atoms with E-state index in [0.717, 1.165) is 19.4 Å². The van der Waals surface area contributed by atoms with Crippen molar-refractivity contribution in [3.05, 3.63) is 6.33 Å². The number of nitrogen functional groups attached to an aromatic ring is 1. The topological polar surface area (TPSA) is 84.5 Å². The molecule has 0 amide bonds. The Morgan fingerprint density at radius 2 is 2.22 bits per heavy atom. The van der Waals surface area contributed by atoms with Crippen molar-refractivity contribution < 1.29 is 9.84 Å². The standard InChI is InChI=1S/C12H20N4O2/c1-3-18-12-10(13)11(14-7-15-12)16(2)6-8-4-9(17)5-8/h7-9,17H,3-6,13H2,1-2H3. The Balaban J connectivity index is 2.04. The van der Waals surface area contributed by atoms with Gasteiger partial charge in [-0.1, -0.05) is 0 Å². The van der Waals surface area contributed by atoms with Crippen molar-refractivity contribution in [2.75, 3.05) is 30.8 Å². The second-order valence-corrected chi connectivity index (χ2v) is 4.72. The monoisotopic (exact) mass is 252 g/mol. The van der Waals surface area contributed by atoms with Gasteiger partial charge in [-0.05, 0) is 25.7 Å². The van der Waals surface area contributed by atoms with Gasteiger partial charge in [-0.15, -0.1) is 0 Å². The third-order valence-corrected chi connectivity index (χ3v) is 3.21. The quantitative estimate of drug-likeness (QED) is 0.801. The molecular weight excluding hydrogens is 232 g/mol. The SMILES string of the molecule is CCOc1ncnc(N(C)CC2CC(O)C2)c1N. The minimum atomic E-state index is -0.134. The zero-order chi connectivity index (χ0) is 13.1. The first-order chi connectivity index (χ1) is 8.61. The van der Waals surface area contributed by atoms with Crippen LogP contribution < -0.4 is 15.4 Å². The molecule has 0 radical (unpaired) electrons. The Hall–Kier alpha value is -1.56. The van der Waals surface area contributed by atoms with E-state index in [1.807, 2.05) is 18.9 Å². The maximum absolute atomic E-state index is 9.28. The van der Waals surface area contributed by atoms with Crippen LogP contribution in [0.2, 0.25) is 0 Å². The summed E-state index contributed by atoms with van der Waals surface area (Å²) in [6.45, 7) is 3.25. The second-order valence-electron chi connectivity index (χ2n) is 4.72. The van der Waals surface area contributed by atoms with Crippen molar-refractivity contribution in [3.8, 4) is 5.88 Å². The zero-order valence-corrected chi connectivity index (χ0v) is 10.8. The van der Waals surface area contributed by atoms with Crippen molar-refractivity contribution >= 4 is 11.5 Å². The predicted octanol–water partition coefficient (Wildman–Crippen LogP) is 0.665. The second kappa shape index (κ2) is 5.39. The molecule has 1 aliphatic rings. The number of rotatable bonds is 5. The van der Waals surface area contributed by atoms with Gasteiger partial charge in [0.1, 0.15) is 12.0 Å². The molecule has 1 fully saturated rings. The highest BCUT2D eigenvalue weighted by Gasteiger charge is 2.28. The van der Waals surface area contributed by atoms with E-state index >= 15 is 0 Å². The molecule has 2 rings (SSSR count). The molecule has 0 aliphatic heterocycles. The number of aliphatic hydroxyl groups excluding tert-OH is 1. The largest absolute Gasteiger partial charge is 0.476 e. The van der Waals surface area contributed by atoms with Crippen LogP contribution in [0.5, 0.6) is 5.88 Å². The minimum Gasteiger partial charge on any atom is -0.476 e. The average Bonchev–Trinajstić information content (AvgIpc) is 2.30. The maximum atomic E-state index is 9.28. The van der Waals surface area contributed by atoms with Crippen LogP contribution in [0.4, 0.5) is 11.5 Å². The molecule has 3 N–H and O–H groups in total. The molecule has 0 unspecified atom stereocenters. The number of ether oxygens (including phenoxy) is 1. The van der Waals surface area contributed by atoms with Gasteiger partial charge in [0.15, 0.2) is 5.82 Å². The van der Waals surface area contributed by atoms with Gasteiger partial charge in [-0.25, -0.2) is 4.98 Å². The molecule has 18 heavy (non-hydrogen) atoms. The molecule has 100 valence electrons. The van der Waals surface area contributed by atoms with Gasteiger partial charge in [-0.2, -0.15) is 4.98 Å². The van der Waals surface area contributed by atoms with Crippen molar-refractivity contribution in [2.24, 2.45) is 5.92 Å². The first kappa shape index (κ1) is 12.9. The molecule has 1 aromatic rings. The number of aliphatic hydroxyl groups is 1. The molecule has 0 bridgehead atoms. The third-order valence-electron chi connectivity index (χ3n) is 3.21. The molecule has 0 saturated heterocycles. The van der Waals surface area contributed by atoms with Crippen molar-refractivity contribution in [3.63, 3.8) is 0 Å². The van der Waals surface area contributed by atoms with Crippen molar-refractivity contribution in [2.45, 2.75) is 25.9 Å². The Bertz CT molecular complexity index is 407. The van der Waals surface area contributed by atoms with Gasteiger partial charge < -0.3 is 20.5 Å². The van der Waals surface area contributed by atoms with Gasteiger partial charge in [0, 0.05) is 13.6 Å². The van der Waals surface area contributed by atoms with E-state index in [1.54, 1.807) is 0 Å². The summed E-state index contributed by atoms with van der Waals surface area (Å²) < 4.78 is 5.35. The molecular formula is C12H20N4O2. The lowest BCUT2D eigenvalue weighted by molar-refractivity contribution is 0.0464. The summed E-state index contributed by atoms with van der Waals surface area (Å²) in [5.41, 5.74) is 6.47. The third kappa shape index (κ3) is 2.64. The van der Waals surface area contributed by atoms with Gasteiger partial charge in [0.05, 0.1) is 12.7 Å². The fourth-order valence-electron chi connectivity index (χ4n) is 2.25. The van der Waals surface area contributed by atoms with Crippen LogP contribution in [-0.2, 0) is 0 Å². The van der Waals surface area contributed by atoms with E-state index in [-0.39, 0.29) is 6.10 Å². The number of nitrogens with zero attached hydrogens (tertiary/aromatic N) is 3. The Labute approximate surface area is 107 Å². The van der Waals surface area contributed by atoms with Crippen LogP contribution >= 0.6 is 0 Å². The molecule has 1 heterocycles. The summed E-state index contributed by atoms with van der Waals surface area (Å²) in [5.74, 6) is 1.63. The Morgan fingerprint density at radius 3 is 2.83 bits per heavy atom. The first-order valence-electron chi connectivity index (χ1n) is 6.24. The lowest BCUT2D eigenvalue weighted by Gasteiger charge is -2.35. The van der Waals surface area contributed by atoms with Crippen molar-refractivity contribution in [1.29, 1.82) is 0 Å². The van der Waals surface area contributed by atoms with Crippen LogP contribution in [0.15, 0.2) is 6.33 Å². The normalized spacial score (nSPS) is 22.4. The lowest BCUT2D eigenvalue weighted by atomic mass is 9.82.